The van der Waals surface area contributed by atoms with Gasteiger partial charge in [-0.25, -0.2) is 9.98 Å². The first-order valence-electron chi connectivity index (χ1n) is 34.6. The molecule has 4 heterocycles. The third-order valence-electron chi connectivity index (χ3n) is 17.6. The fraction of sp³-hybridized carbons (Fsp3) is 0.250. The second kappa shape index (κ2) is 33.8. The van der Waals surface area contributed by atoms with Gasteiger partial charge in [-0.05, 0) is 229 Å². The standard InChI is InChI=1S/2C44H42Cl3N2O3S.Zn/c1-25-22-33(23-26(2)27(25)3)50-39(36-24-35(46)41(48-36)51-31-16-10-28(11-17-31)43(4,5)6)38-40(53-34-20-14-30(45)15-21-34)37(47)42(49-38)52-32-18-12-29(13-19-32)44(7,8)9;1-25-22-26(2)38(27(3)23-25)52-39(35-24-34(46)41(48-35)50-31-16-10-28(11-17-31)43(4,5)6)37-40(53-33-20-14-30(45)15-21-33)36(47)42(49-37)51-32-18-12-29(13-19-32)44(7,8)9;/h2*10-24H,1-9H3;/q2*-1;+2/b39-38+;39-35+;. The summed E-state index contributed by atoms with van der Waals surface area (Å²) in [5.41, 5.74) is 12.8. The van der Waals surface area contributed by atoms with Gasteiger partial charge in [-0.1, -0.05) is 260 Å². The maximum absolute atomic E-state index is 7.20. The number of aryl methyl sites for hydroxylation is 5. The summed E-state index contributed by atoms with van der Waals surface area (Å²) < 4.78 is 38.9. The van der Waals surface area contributed by atoms with Crippen molar-refractivity contribution in [3.8, 4) is 46.3 Å². The van der Waals surface area contributed by atoms with Crippen LogP contribution in [-0.2, 0) is 41.1 Å². The van der Waals surface area contributed by atoms with Gasteiger partial charge in [0.05, 0.1) is 15.0 Å². The van der Waals surface area contributed by atoms with Crippen LogP contribution in [0.2, 0.25) is 20.1 Å². The molecule has 2 aliphatic heterocycles. The van der Waals surface area contributed by atoms with Gasteiger partial charge in [0, 0.05) is 36.5 Å². The minimum atomic E-state index is -0.00993. The van der Waals surface area contributed by atoms with Crippen LogP contribution in [0.4, 0.5) is 0 Å². The van der Waals surface area contributed by atoms with Crippen LogP contribution in [0.25, 0.3) is 11.5 Å². The molecule has 2 aliphatic rings. The van der Waals surface area contributed by atoms with Crippen LogP contribution < -0.4 is 38.4 Å². The van der Waals surface area contributed by atoms with Gasteiger partial charge >= 0.3 is 19.5 Å². The molecular formula is C88H84Cl6N4O6S2Zn. The van der Waals surface area contributed by atoms with Crippen molar-refractivity contribution in [3.05, 3.63) is 295 Å². The van der Waals surface area contributed by atoms with Crippen molar-refractivity contribution < 1.29 is 47.9 Å². The largest absolute Gasteiger partial charge is 2.00 e. The Labute approximate surface area is 681 Å². The smallest absolute Gasteiger partial charge is 0.623 e. The Balaban J connectivity index is 0.000000227. The number of allylic oxidation sites excluding steroid dienone is 1. The predicted molar refractivity (Wildman–Crippen MR) is 442 cm³/mol. The Morgan fingerprint density at radius 2 is 0.832 bits per heavy atom. The molecule has 0 atom stereocenters. The van der Waals surface area contributed by atoms with E-state index in [-0.39, 0.29) is 64.7 Å². The molecule has 0 unspecified atom stereocenters. The first kappa shape index (κ1) is 82.0. The van der Waals surface area contributed by atoms with Crippen LogP contribution in [0.15, 0.2) is 233 Å². The molecular weight excluding hydrogens is 1550 g/mol. The van der Waals surface area contributed by atoms with Gasteiger partial charge in [0.2, 0.25) is 11.8 Å². The first-order valence-corrected chi connectivity index (χ1v) is 38.5. The Bertz CT molecular complexity index is 5080. The van der Waals surface area contributed by atoms with E-state index in [4.69, 9.17) is 118 Å². The molecule has 0 spiro atoms. The molecule has 0 radical (unpaired) electrons. The van der Waals surface area contributed by atoms with E-state index in [1.165, 1.54) is 51.3 Å². The maximum atomic E-state index is 7.20. The van der Waals surface area contributed by atoms with Crippen LogP contribution in [0.5, 0.6) is 46.3 Å². The molecule has 2 aromatic heterocycles. The van der Waals surface area contributed by atoms with Crippen LogP contribution in [0, 0.1) is 41.5 Å². The Hall–Kier alpha value is -7.52. The monoisotopic (exact) mass is 1630 g/mol. The molecule has 0 aliphatic carbocycles. The quantitative estimate of drug-likeness (QED) is 0.0685. The van der Waals surface area contributed by atoms with Crippen molar-refractivity contribution in [2.45, 2.75) is 161 Å². The van der Waals surface area contributed by atoms with Crippen molar-refractivity contribution in [3.63, 3.8) is 0 Å². The summed E-state index contributed by atoms with van der Waals surface area (Å²) in [7, 11) is 0. The minimum Gasteiger partial charge on any atom is -0.623 e. The fourth-order valence-electron chi connectivity index (χ4n) is 11.4. The van der Waals surface area contributed by atoms with Gasteiger partial charge in [0.1, 0.15) is 67.5 Å². The van der Waals surface area contributed by atoms with Crippen molar-refractivity contribution in [1.29, 1.82) is 0 Å². The van der Waals surface area contributed by atoms with E-state index in [1.807, 2.05) is 172 Å². The number of nitrogens with zero attached hydrogens (tertiary/aromatic N) is 4. The second-order valence-corrected chi connectivity index (χ2v) is 34.9. The summed E-state index contributed by atoms with van der Waals surface area (Å²) in [6.45, 7) is 38.3. The van der Waals surface area contributed by atoms with E-state index in [0.717, 1.165) is 37.6 Å². The summed E-state index contributed by atoms with van der Waals surface area (Å²) >= 11 is 43.4. The van der Waals surface area contributed by atoms with Gasteiger partial charge < -0.3 is 38.4 Å². The predicted octanol–water partition coefficient (Wildman–Crippen LogP) is 27.5. The van der Waals surface area contributed by atoms with Crippen LogP contribution in [-0.4, -0.2) is 11.8 Å². The molecule has 10 aromatic rings. The molecule has 8 aromatic carbocycles. The summed E-state index contributed by atoms with van der Waals surface area (Å²) in [6.07, 6.45) is 1.72. The van der Waals surface area contributed by atoms with Gasteiger partial charge in [0.15, 0.2) is 0 Å². The zero-order chi connectivity index (χ0) is 76.5. The Morgan fingerprint density at radius 1 is 0.411 bits per heavy atom. The fourth-order valence-corrected chi connectivity index (χ4v) is 14.4. The zero-order valence-corrected chi connectivity index (χ0v) is 72.5. The van der Waals surface area contributed by atoms with Gasteiger partial charge in [0.25, 0.3) is 0 Å². The van der Waals surface area contributed by atoms with Crippen LogP contribution in [0.1, 0.15) is 150 Å². The summed E-state index contributed by atoms with van der Waals surface area (Å²) in [4.78, 5) is 22.8. The molecule has 0 saturated heterocycles. The molecule has 19 heteroatoms. The molecule has 0 N–H and O–H groups in total. The minimum absolute atomic E-state index is 0. The molecule has 0 bridgehead atoms. The number of thioether (sulfide) groups is 1. The van der Waals surface area contributed by atoms with E-state index >= 15 is 0 Å². The van der Waals surface area contributed by atoms with Crippen molar-refractivity contribution in [2.24, 2.45) is 9.98 Å². The third kappa shape index (κ3) is 20.3. The van der Waals surface area contributed by atoms with Crippen LogP contribution in [0.3, 0.4) is 0 Å². The second-order valence-electron chi connectivity index (χ2n) is 30.3. The van der Waals surface area contributed by atoms with Crippen molar-refractivity contribution in [1.82, 2.24) is 9.97 Å². The zero-order valence-electron chi connectivity index (χ0n) is 63.4. The third-order valence-corrected chi connectivity index (χ3v) is 21.8. The maximum Gasteiger partial charge on any atom is 2.00 e. The van der Waals surface area contributed by atoms with E-state index in [9.17, 15) is 0 Å². The molecule has 0 saturated carbocycles. The van der Waals surface area contributed by atoms with Crippen molar-refractivity contribution >= 4 is 116 Å². The Kier molecular flexibility index (Phi) is 25.9. The average molecular weight is 1640 g/mol. The summed E-state index contributed by atoms with van der Waals surface area (Å²) in [5.74, 6) is 5.32. The van der Waals surface area contributed by atoms with Gasteiger partial charge in [-0.3, -0.25) is 0 Å². The number of aromatic nitrogens is 2. The molecule has 0 fully saturated rings. The molecule has 12 rings (SSSR count). The molecule has 107 heavy (non-hydrogen) atoms. The number of halogens is 6. The van der Waals surface area contributed by atoms with Gasteiger partial charge in [-0.15, -0.1) is 0 Å². The van der Waals surface area contributed by atoms with Crippen molar-refractivity contribution in [2.75, 3.05) is 0 Å². The van der Waals surface area contributed by atoms with Crippen LogP contribution >= 0.6 is 93.1 Å². The number of hydrogen-bond donors (Lipinski definition) is 0. The average Bonchev–Trinajstić information content (AvgIpc) is 1.63. The van der Waals surface area contributed by atoms with E-state index in [1.54, 1.807) is 12.1 Å². The Morgan fingerprint density at radius 3 is 1.28 bits per heavy atom. The SMILES string of the molecule is Cc1cc(C)c(O/C(=C2\C=C(Cl)C(Oc3ccc(C(C)(C)C)cc3)=N2)c2[n-]c(Oc3ccc(C(C)(C)C)cc3)c(Cl)c2Sc2ccc(Cl)cc2)c(C)c1.Cc1cc(O/C(=C2/N=C(Oc3ccc(C(C)(C)C)cc3)C(Cl)=C2Sc2ccc(Cl)cc2)c2cc(Cl)c(Oc3ccc(C(C)(C)C)cc3)[n-]2)cc(C)c1C.[Zn+2]. The number of hydrogen-bond acceptors (Lipinski definition) is 10. The summed E-state index contributed by atoms with van der Waals surface area (Å²) in [6, 6.07) is 56.6. The normalized spacial score (nSPS) is 14.1. The molecule has 548 valence electrons. The number of aliphatic imine (C=N–C) groups is 2. The topological polar surface area (TPSA) is 108 Å². The van der Waals surface area contributed by atoms with Gasteiger partial charge in [-0.2, -0.15) is 0 Å². The van der Waals surface area contributed by atoms with E-state index < -0.39 is 0 Å². The number of benzene rings is 8. The number of rotatable bonds is 16. The molecule has 10 nitrogen and oxygen atoms in total. The first-order chi connectivity index (χ1) is 49.9. The van der Waals surface area contributed by atoms with E-state index in [2.05, 4.69) is 123 Å². The summed E-state index contributed by atoms with van der Waals surface area (Å²) in [5, 5.41) is 2.54. The number of ether oxygens (including phenoxy) is 6. The van der Waals surface area contributed by atoms with E-state index in [0.29, 0.717) is 109 Å². The molecule has 0 amide bonds.